The molecular weight excluding hydrogens is 251 g/mol. The Morgan fingerprint density at radius 1 is 1.15 bits per heavy atom. The third kappa shape index (κ3) is 2.64. The second-order valence-corrected chi connectivity index (χ2v) is 5.42. The van der Waals surface area contributed by atoms with E-state index in [1.807, 2.05) is 18.2 Å². The van der Waals surface area contributed by atoms with Gasteiger partial charge in [0.1, 0.15) is 11.6 Å². The fraction of sp³-hybridized carbons (Fsp3) is 0.278. The number of hydrogen-bond acceptors (Lipinski definition) is 1. The molecule has 20 heavy (non-hydrogen) atoms. The van der Waals surface area contributed by atoms with Crippen LogP contribution in [0.5, 0.6) is 0 Å². The Kier molecular flexibility index (Phi) is 3.64. The van der Waals surface area contributed by atoms with Crippen molar-refractivity contribution in [2.24, 2.45) is 0 Å². The molecule has 1 aliphatic rings. The average molecular weight is 268 g/mol. The van der Waals surface area contributed by atoms with Crippen LogP contribution in [0.4, 0.5) is 4.39 Å². The number of halogens is 1. The van der Waals surface area contributed by atoms with Crippen molar-refractivity contribution >= 4 is 5.78 Å². The lowest BCUT2D eigenvalue weighted by Gasteiger charge is -2.24. The van der Waals surface area contributed by atoms with Gasteiger partial charge in [-0.1, -0.05) is 36.4 Å². The minimum atomic E-state index is -0.278. The van der Waals surface area contributed by atoms with Crippen molar-refractivity contribution in [2.75, 3.05) is 0 Å². The lowest BCUT2D eigenvalue weighted by molar-refractivity contribution is -0.120. The molecule has 0 heterocycles. The van der Waals surface area contributed by atoms with Gasteiger partial charge in [-0.15, -0.1) is 0 Å². The molecule has 1 aliphatic carbocycles. The Bertz CT molecular complexity index is 633. The van der Waals surface area contributed by atoms with Crippen LogP contribution in [0.25, 0.3) is 0 Å². The van der Waals surface area contributed by atoms with E-state index in [0.717, 1.165) is 24.8 Å². The number of Topliss-reactive ketones (excluding diaryl/α,β-unsaturated/α-hetero) is 1. The van der Waals surface area contributed by atoms with Crippen molar-refractivity contribution in [3.8, 4) is 0 Å². The predicted octanol–water partition coefficient (Wildman–Crippen LogP) is 4.06. The highest BCUT2D eigenvalue weighted by molar-refractivity contribution is 5.88. The SMILES string of the molecule is O=C(Cc1cccc(F)c1)C1CCCc2ccccc21. The molecular formula is C18H17FO. The van der Waals surface area contributed by atoms with E-state index in [1.165, 1.54) is 23.3 Å². The smallest absolute Gasteiger partial charge is 0.144 e. The summed E-state index contributed by atoms with van der Waals surface area (Å²) in [6.07, 6.45) is 3.33. The standard InChI is InChI=1S/C18H17FO/c19-15-8-3-5-13(11-15)12-18(20)17-10-4-7-14-6-1-2-9-16(14)17/h1-3,5-6,8-9,11,17H,4,7,10,12H2. The number of fused-ring (bicyclic) bond motifs is 1. The lowest BCUT2D eigenvalue weighted by Crippen LogP contribution is -2.20. The molecule has 0 N–H and O–H groups in total. The molecule has 0 aromatic heterocycles. The van der Waals surface area contributed by atoms with Crippen LogP contribution >= 0.6 is 0 Å². The van der Waals surface area contributed by atoms with Crippen LogP contribution in [0.2, 0.25) is 0 Å². The van der Waals surface area contributed by atoms with Gasteiger partial charge in [0, 0.05) is 12.3 Å². The minimum Gasteiger partial charge on any atom is -0.299 e. The molecule has 0 aliphatic heterocycles. The quantitative estimate of drug-likeness (QED) is 0.820. The zero-order chi connectivity index (χ0) is 13.9. The molecule has 0 bridgehead atoms. The van der Waals surface area contributed by atoms with Crippen LogP contribution in [0.1, 0.15) is 35.4 Å². The maximum Gasteiger partial charge on any atom is 0.144 e. The number of benzene rings is 2. The van der Waals surface area contributed by atoms with Crippen molar-refractivity contribution in [2.45, 2.75) is 31.6 Å². The highest BCUT2D eigenvalue weighted by Crippen LogP contribution is 2.32. The van der Waals surface area contributed by atoms with Crippen LogP contribution in [0.15, 0.2) is 48.5 Å². The molecule has 3 rings (SSSR count). The molecule has 102 valence electrons. The van der Waals surface area contributed by atoms with Crippen molar-refractivity contribution in [1.29, 1.82) is 0 Å². The summed E-state index contributed by atoms with van der Waals surface area (Å²) in [6, 6.07) is 14.5. The molecule has 0 spiro atoms. The van der Waals surface area contributed by atoms with Gasteiger partial charge in [-0.3, -0.25) is 4.79 Å². The Balaban J connectivity index is 1.82. The summed E-state index contributed by atoms with van der Waals surface area (Å²) in [5, 5.41) is 0. The first-order chi connectivity index (χ1) is 9.74. The van der Waals surface area contributed by atoms with Crippen molar-refractivity contribution < 1.29 is 9.18 Å². The summed E-state index contributed by atoms with van der Waals surface area (Å²) in [7, 11) is 0. The first-order valence-electron chi connectivity index (χ1n) is 7.09. The van der Waals surface area contributed by atoms with Crippen LogP contribution < -0.4 is 0 Å². The van der Waals surface area contributed by atoms with E-state index < -0.39 is 0 Å². The normalized spacial score (nSPS) is 17.6. The summed E-state index contributed by atoms with van der Waals surface area (Å²) in [5.41, 5.74) is 3.22. The summed E-state index contributed by atoms with van der Waals surface area (Å²) in [5.74, 6) is -0.106. The third-order valence-electron chi connectivity index (χ3n) is 4.03. The van der Waals surface area contributed by atoms with Gasteiger partial charge in [0.15, 0.2) is 0 Å². The molecule has 2 aromatic carbocycles. The molecule has 0 radical (unpaired) electrons. The second-order valence-electron chi connectivity index (χ2n) is 5.42. The molecule has 0 saturated carbocycles. The van der Waals surface area contributed by atoms with Gasteiger partial charge in [-0.05, 0) is 48.1 Å². The van der Waals surface area contributed by atoms with E-state index >= 15 is 0 Å². The van der Waals surface area contributed by atoms with Gasteiger partial charge in [-0.25, -0.2) is 4.39 Å². The maximum atomic E-state index is 13.2. The number of hydrogen-bond donors (Lipinski definition) is 0. The van der Waals surface area contributed by atoms with Crippen molar-refractivity contribution in [3.63, 3.8) is 0 Å². The van der Waals surface area contributed by atoms with E-state index in [4.69, 9.17) is 0 Å². The molecule has 0 amide bonds. The largest absolute Gasteiger partial charge is 0.299 e. The van der Waals surface area contributed by atoms with Gasteiger partial charge in [0.05, 0.1) is 0 Å². The number of ketones is 1. The monoisotopic (exact) mass is 268 g/mol. The fourth-order valence-corrected chi connectivity index (χ4v) is 3.06. The molecule has 1 atom stereocenters. The Hall–Kier alpha value is -1.96. The van der Waals surface area contributed by atoms with Crippen LogP contribution in [-0.2, 0) is 17.6 Å². The van der Waals surface area contributed by atoms with E-state index in [1.54, 1.807) is 6.07 Å². The summed E-state index contributed by atoms with van der Waals surface area (Å²) in [6.45, 7) is 0. The number of carbonyl (C=O) groups is 1. The van der Waals surface area contributed by atoms with E-state index in [-0.39, 0.29) is 17.5 Å². The molecule has 0 fully saturated rings. The topological polar surface area (TPSA) is 17.1 Å². The van der Waals surface area contributed by atoms with Crippen molar-refractivity contribution in [1.82, 2.24) is 0 Å². The van der Waals surface area contributed by atoms with Crippen molar-refractivity contribution in [3.05, 3.63) is 71.0 Å². The summed E-state index contributed by atoms with van der Waals surface area (Å²) >= 11 is 0. The first kappa shape index (κ1) is 13.0. The Morgan fingerprint density at radius 2 is 2.00 bits per heavy atom. The maximum absolute atomic E-state index is 13.2. The van der Waals surface area contributed by atoms with E-state index in [2.05, 4.69) is 12.1 Å². The molecule has 2 heteroatoms. The van der Waals surface area contributed by atoms with Gasteiger partial charge < -0.3 is 0 Å². The second kappa shape index (κ2) is 5.58. The van der Waals surface area contributed by atoms with Crippen LogP contribution in [0, 0.1) is 5.82 Å². The highest BCUT2D eigenvalue weighted by Gasteiger charge is 2.25. The number of rotatable bonds is 3. The van der Waals surface area contributed by atoms with E-state index in [9.17, 15) is 9.18 Å². The number of aryl methyl sites for hydroxylation is 1. The average Bonchev–Trinajstić information content (AvgIpc) is 2.46. The molecule has 1 nitrogen and oxygen atoms in total. The van der Waals surface area contributed by atoms with Gasteiger partial charge in [0.2, 0.25) is 0 Å². The Morgan fingerprint density at radius 3 is 2.85 bits per heavy atom. The third-order valence-corrected chi connectivity index (χ3v) is 4.03. The van der Waals surface area contributed by atoms with Crippen LogP contribution in [-0.4, -0.2) is 5.78 Å². The molecule has 0 saturated heterocycles. The lowest BCUT2D eigenvalue weighted by atomic mass is 9.79. The number of carbonyl (C=O) groups excluding carboxylic acids is 1. The van der Waals surface area contributed by atoms with Gasteiger partial charge in [-0.2, -0.15) is 0 Å². The molecule has 2 aromatic rings. The zero-order valence-electron chi connectivity index (χ0n) is 11.3. The summed E-state index contributed by atoms with van der Waals surface area (Å²) in [4.78, 5) is 12.5. The van der Waals surface area contributed by atoms with Crippen LogP contribution in [0.3, 0.4) is 0 Å². The Labute approximate surface area is 118 Å². The summed E-state index contributed by atoms with van der Waals surface area (Å²) < 4.78 is 13.2. The van der Waals surface area contributed by atoms with Gasteiger partial charge in [0.25, 0.3) is 0 Å². The first-order valence-corrected chi connectivity index (χ1v) is 7.09. The highest BCUT2D eigenvalue weighted by atomic mass is 19.1. The predicted molar refractivity (Wildman–Crippen MR) is 77.2 cm³/mol. The minimum absolute atomic E-state index is 0.0248. The van der Waals surface area contributed by atoms with Gasteiger partial charge >= 0.3 is 0 Å². The zero-order valence-corrected chi connectivity index (χ0v) is 11.3. The fourth-order valence-electron chi connectivity index (χ4n) is 3.06. The molecule has 1 unspecified atom stereocenters. The van der Waals surface area contributed by atoms with E-state index in [0.29, 0.717) is 6.42 Å².